The molecule has 2 atom stereocenters. The minimum Gasteiger partial charge on any atom is -0.321 e. The van der Waals surface area contributed by atoms with E-state index in [1.54, 1.807) is 0 Å². The van der Waals surface area contributed by atoms with E-state index in [0.29, 0.717) is 0 Å². The molecule has 0 saturated carbocycles. The highest BCUT2D eigenvalue weighted by Crippen LogP contribution is 2.45. The Morgan fingerprint density at radius 3 is 2.58 bits per heavy atom. The van der Waals surface area contributed by atoms with Crippen molar-refractivity contribution >= 4 is 5.91 Å². The second-order valence-electron chi connectivity index (χ2n) is 6.76. The molecule has 0 aliphatic carbocycles. The van der Waals surface area contributed by atoms with Crippen LogP contribution in [0.1, 0.15) is 48.7 Å². The lowest BCUT2D eigenvalue weighted by molar-refractivity contribution is -0.130. The van der Waals surface area contributed by atoms with Crippen molar-refractivity contribution in [3.05, 3.63) is 71.3 Å². The van der Waals surface area contributed by atoms with Gasteiger partial charge in [-0.1, -0.05) is 67.9 Å². The Labute approximate surface area is 143 Å². The predicted molar refractivity (Wildman–Crippen MR) is 95.4 cm³/mol. The molecule has 2 aliphatic rings. The van der Waals surface area contributed by atoms with E-state index < -0.39 is 0 Å². The van der Waals surface area contributed by atoms with E-state index in [1.807, 2.05) is 18.2 Å². The second-order valence-corrected chi connectivity index (χ2v) is 6.76. The van der Waals surface area contributed by atoms with Crippen LogP contribution >= 0.6 is 0 Å². The fourth-order valence-corrected chi connectivity index (χ4v) is 4.13. The zero-order chi connectivity index (χ0) is 16.5. The third kappa shape index (κ3) is 2.44. The molecule has 0 spiro atoms. The molecule has 0 bridgehead atoms. The number of fused-ring (bicyclic) bond motifs is 3. The standard InChI is InChI=1S/C21H24N2O/c1-2-3-14-23-20-18-12-8-7-9-16(18)13-15-22(20)19(21(23)24)17-10-5-4-6-11-17/h4-12,19-20H,2-3,13-15H2,1H3/t19-,20+/m0/s1. The molecule has 3 heteroatoms. The Balaban J connectivity index is 1.77. The molecule has 0 radical (unpaired) electrons. The summed E-state index contributed by atoms with van der Waals surface area (Å²) in [6.07, 6.45) is 3.28. The van der Waals surface area contributed by atoms with Crippen molar-refractivity contribution in [3.8, 4) is 0 Å². The summed E-state index contributed by atoms with van der Waals surface area (Å²) < 4.78 is 0. The monoisotopic (exact) mass is 320 g/mol. The van der Waals surface area contributed by atoms with Crippen LogP contribution in [-0.4, -0.2) is 28.8 Å². The fraction of sp³-hybridized carbons (Fsp3) is 0.381. The van der Waals surface area contributed by atoms with Gasteiger partial charge in [0.2, 0.25) is 5.91 Å². The molecule has 3 nitrogen and oxygen atoms in total. The smallest absolute Gasteiger partial charge is 0.246 e. The number of amides is 1. The van der Waals surface area contributed by atoms with E-state index in [9.17, 15) is 4.79 Å². The Morgan fingerprint density at radius 1 is 1.04 bits per heavy atom. The highest BCUT2D eigenvalue weighted by atomic mass is 16.2. The molecule has 2 aromatic rings. The Morgan fingerprint density at radius 2 is 1.79 bits per heavy atom. The van der Waals surface area contributed by atoms with Crippen molar-refractivity contribution in [2.24, 2.45) is 0 Å². The average Bonchev–Trinajstić information content (AvgIpc) is 2.92. The Kier molecular flexibility index (Phi) is 4.11. The van der Waals surface area contributed by atoms with Gasteiger partial charge >= 0.3 is 0 Å². The molecular weight excluding hydrogens is 296 g/mol. The first-order chi connectivity index (χ1) is 11.8. The average molecular weight is 320 g/mol. The molecule has 124 valence electrons. The summed E-state index contributed by atoms with van der Waals surface area (Å²) in [5.74, 6) is 0.261. The van der Waals surface area contributed by atoms with Gasteiger partial charge in [0.15, 0.2) is 0 Å². The Bertz CT molecular complexity index is 728. The van der Waals surface area contributed by atoms with Crippen LogP contribution in [0.15, 0.2) is 54.6 Å². The topological polar surface area (TPSA) is 23.6 Å². The maximum atomic E-state index is 13.3. The van der Waals surface area contributed by atoms with E-state index in [4.69, 9.17) is 0 Å². The number of nitrogens with zero attached hydrogens (tertiary/aromatic N) is 2. The van der Waals surface area contributed by atoms with Gasteiger partial charge in [-0.2, -0.15) is 0 Å². The largest absolute Gasteiger partial charge is 0.321 e. The van der Waals surface area contributed by atoms with Crippen LogP contribution in [0.2, 0.25) is 0 Å². The summed E-state index contributed by atoms with van der Waals surface area (Å²) in [6.45, 7) is 3.96. The maximum absolute atomic E-state index is 13.3. The van der Waals surface area contributed by atoms with Gasteiger partial charge in [0.1, 0.15) is 12.2 Å². The summed E-state index contributed by atoms with van der Waals surface area (Å²) in [5.41, 5.74) is 3.82. The molecule has 1 saturated heterocycles. The highest BCUT2D eigenvalue weighted by Gasteiger charge is 2.48. The number of unbranched alkanes of at least 4 members (excludes halogenated alkanes) is 1. The number of hydrogen-bond acceptors (Lipinski definition) is 2. The van der Waals surface area contributed by atoms with E-state index >= 15 is 0 Å². The third-order valence-electron chi connectivity index (χ3n) is 5.30. The fourth-order valence-electron chi connectivity index (χ4n) is 4.13. The summed E-state index contributed by atoms with van der Waals surface area (Å²) in [7, 11) is 0. The number of rotatable bonds is 4. The molecule has 0 N–H and O–H groups in total. The first-order valence-electron chi connectivity index (χ1n) is 9.00. The van der Waals surface area contributed by atoms with E-state index in [-0.39, 0.29) is 18.1 Å². The zero-order valence-electron chi connectivity index (χ0n) is 14.2. The molecule has 4 rings (SSSR count). The Hall–Kier alpha value is -2.13. The predicted octanol–water partition coefficient (Wildman–Crippen LogP) is 3.93. The van der Waals surface area contributed by atoms with Crippen LogP contribution in [0.4, 0.5) is 0 Å². The van der Waals surface area contributed by atoms with Crippen molar-refractivity contribution < 1.29 is 4.79 Å². The summed E-state index contributed by atoms with van der Waals surface area (Å²) in [4.78, 5) is 17.8. The van der Waals surface area contributed by atoms with Gasteiger partial charge in [0.25, 0.3) is 0 Å². The van der Waals surface area contributed by atoms with Crippen LogP contribution in [0.3, 0.4) is 0 Å². The van der Waals surface area contributed by atoms with Gasteiger partial charge in [-0.3, -0.25) is 9.69 Å². The van der Waals surface area contributed by atoms with Crippen molar-refractivity contribution in [3.63, 3.8) is 0 Å². The number of hydrogen-bond donors (Lipinski definition) is 0. The van der Waals surface area contributed by atoms with Crippen LogP contribution in [-0.2, 0) is 11.2 Å². The number of benzene rings is 2. The molecule has 1 fully saturated rings. The van der Waals surface area contributed by atoms with Crippen LogP contribution in [0.25, 0.3) is 0 Å². The van der Waals surface area contributed by atoms with E-state index in [2.05, 4.69) is 53.1 Å². The lowest BCUT2D eigenvalue weighted by atomic mass is 9.96. The molecule has 1 amide bonds. The van der Waals surface area contributed by atoms with Gasteiger partial charge in [-0.15, -0.1) is 0 Å². The van der Waals surface area contributed by atoms with Crippen molar-refractivity contribution in [2.45, 2.75) is 38.4 Å². The summed E-state index contributed by atoms with van der Waals surface area (Å²) in [5, 5.41) is 0. The minimum absolute atomic E-state index is 0.0965. The van der Waals surface area contributed by atoms with Crippen LogP contribution < -0.4 is 0 Å². The second kappa shape index (κ2) is 6.40. The molecule has 24 heavy (non-hydrogen) atoms. The molecule has 0 unspecified atom stereocenters. The highest BCUT2D eigenvalue weighted by molar-refractivity contribution is 5.86. The van der Waals surface area contributed by atoms with Gasteiger partial charge in [0.05, 0.1) is 0 Å². The van der Waals surface area contributed by atoms with Gasteiger partial charge < -0.3 is 4.90 Å². The van der Waals surface area contributed by atoms with Crippen LogP contribution in [0.5, 0.6) is 0 Å². The number of carbonyl (C=O) groups is 1. The van der Waals surface area contributed by atoms with Crippen molar-refractivity contribution in [1.82, 2.24) is 9.80 Å². The minimum atomic E-state index is -0.138. The van der Waals surface area contributed by atoms with Gasteiger partial charge in [-0.25, -0.2) is 0 Å². The summed E-state index contributed by atoms with van der Waals surface area (Å²) >= 11 is 0. The summed E-state index contributed by atoms with van der Waals surface area (Å²) in [6, 6.07) is 18.7. The maximum Gasteiger partial charge on any atom is 0.246 e. The quantitative estimate of drug-likeness (QED) is 0.852. The SMILES string of the molecule is CCCCN1C(=O)[C@H](c2ccccc2)N2CCc3ccccc3[C@@H]12. The van der Waals surface area contributed by atoms with E-state index in [1.165, 1.54) is 11.1 Å². The molecule has 2 heterocycles. The lowest BCUT2D eigenvalue weighted by Gasteiger charge is -2.36. The first kappa shape index (κ1) is 15.4. The molecule has 2 aliphatic heterocycles. The zero-order valence-corrected chi connectivity index (χ0v) is 14.2. The van der Waals surface area contributed by atoms with Crippen molar-refractivity contribution in [2.75, 3.05) is 13.1 Å². The molecule has 0 aromatic heterocycles. The van der Waals surface area contributed by atoms with Crippen LogP contribution in [0, 0.1) is 0 Å². The third-order valence-corrected chi connectivity index (χ3v) is 5.30. The number of carbonyl (C=O) groups excluding carboxylic acids is 1. The van der Waals surface area contributed by atoms with Gasteiger partial charge in [0, 0.05) is 13.1 Å². The van der Waals surface area contributed by atoms with E-state index in [0.717, 1.165) is 37.9 Å². The lowest BCUT2D eigenvalue weighted by Crippen LogP contribution is -2.37. The molecular formula is C21H24N2O. The van der Waals surface area contributed by atoms with Gasteiger partial charge in [-0.05, 0) is 29.5 Å². The molecule has 2 aromatic carbocycles. The first-order valence-corrected chi connectivity index (χ1v) is 9.00. The van der Waals surface area contributed by atoms with Crippen molar-refractivity contribution in [1.29, 1.82) is 0 Å². The normalized spacial score (nSPS) is 23.2.